The monoisotopic (exact) mass is 362 g/mol. The Hall–Kier alpha value is -2.31. The number of carbonyl (C=O) groups is 2. The summed E-state index contributed by atoms with van der Waals surface area (Å²) in [5.74, 6) is 0.583. The van der Waals surface area contributed by atoms with Gasteiger partial charge in [0.1, 0.15) is 11.4 Å². The van der Waals surface area contributed by atoms with Gasteiger partial charge in [0.05, 0.1) is 11.2 Å². The van der Waals surface area contributed by atoms with E-state index in [9.17, 15) is 9.59 Å². The summed E-state index contributed by atoms with van der Waals surface area (Å²) in [4.78, 5) is 31.3. The topological polar surface area (TPSA) is 83.6 Å². The molecule has 7 heteroatoms. The van der Waals surface area contributed by atoms with Gasteiger partial charge in [0.25, 0.3) is 5.91 Å². The minimum Gasteiger partial charge on any atom is -0.444 e. The number of alkyl carbamates (subject to hydrolysis) is 1. The molecule has 7 nitrogen and oxygen atoms in total. The van der Waals surface area contributed by atoms with Crippen LogP contribution in [0.3, 0.4) is 0 Å². The molecule has 1 aromatic rings. The van der Waals surface area contributed by atoms with Gasteiger partial charge in [-0.1, -0.05) is 0 Å². The Bertz CT molecular complexity index is 720. The number of carbonyl (C=O) groups excluding carboxylic acids is 2. The number of hydrogen-bond acceptors (Lipinski definition) is 5. The average Bonchev–Trinajstić information content (AvgIpc) is 2.84. The Labute approximate surface area is 155 Å². The van der Waals surface area contributed by atoms with E-state index in [0.29, 0.717) is 23.6 Å². The van der Waals surface area contributed by atoms with E-state index >= 15 is 0 Å². The second-order valence-electron chi connectivity index (χ2n) is 8.49. The van der Waals surface area contributed by atoms with Gasteiger partial charge < -0.3 is 20.3 Å². The number of pyridine rings is 1. The first-order valence-corrected chi connectivity index (χ1v) is 8.88. The molecule has 1 aliphatic heterocycles. The molecule has 0 aromatic carbocycles. The third-order valence-corrected chi connectivity index (χ3v) is 4.32. The zero-order chi connectivity index (χ0) is 19.9. The van der Waals surface area contributed by atoms with E-state index in [0.717, 1.165) is 5.56 Å². The Balaban J connectivity index is 2.45. The lowest BCUT2D eigenvalue weighted by molar-refractivity contribution is 0.0468. The largest absolute Gasteiger partial charge is 0.444 e. The maximum atomic E-state index is 12.3. The van der Waals surface area contributed by atoms with Crippen molar-refractivity contribution in [2.75, 3.05) is 11.9 Å². The summed E-state index contributed by atoms with van der Waals surface area (Å²) < 4.78 is 5.38. The predicted octanol–water partition coefficient (Wildman–Crippen LogP) is 2.93. The molecule has 0 saturated carbocycles. The van der Waals surface area contributed by atoms with Gasteiger partial charge in [-0.05, 0) is 54.5 Å². The fourth-order valence-electron chi connectivity index (χ4n) is 2.78. The number of hydrogen-bond donors (Lipinski definition) is 2. The van der Waals surface area contributed by atoms with E-state index in [1.54, 1.807) is 0 Å². The van der Waals surface area contributed by atoms with Crippen LogP contribution in [-0.2, 0) is 16.8 Å². The molecule has 2 heterocycles. The molecule has 0 radical (unpaired) electrons. The number of anilines is 1. The van der Waals surface area contributed by atoms with Gasteiger partial charge >= 0.3 is 6.09 Å². The summed E-state index contributed by atoms with van der Waals surface area (Å²) in [6.07, 6.45) is -0.516. The quantitative estimate of drug-likeness (QED) is 0.860. The highest BCUT2D eigenvalue weighted by atomic mass is 16.6. The van der Waals surface area contributed by atoms with Crippen molar-refractivity contribution in [2.45, 2.75) is 72.2 Å². The lowest BCUT2D eigenvalue weighted by Crippen LogP contribution is -2.45. The van der Waals surface area contributed by atoms with Crippen LogP contribution in [-0.4, -0.2) is 35.7 Å². The molecule has 26 heavy (non-hydrogen) atoms. The van der Waals surface area contributed by atoms with Crippen LogP contribution in [0.15, 0.2) is 6.07 Å². The van der Waals surface area contributed by atoms with E-state index < -0.39 is 17.2 Å². The Morgan fingerprint density at radius 3 is 2.46 bits per heavy atom. The van der Waals surface area contributed by atoms with E-state index in [4.69, 9.17) is 9.72 Å². The fourth-order valence-corrected chi connectivity index (χ4v) is 2.78. The molecule has 2 rings (SSSR count). The SMILES string of the molecule is CC(C)N(C)c1cc2c(c(C(C)(C)NC(=O)OC(C)(C)C)n1)CNC2=O. The highest BCUT2D eigenvalue weighted by Crippen LogP contribution is 2.31. The summed E-state index contributed by atoms with van der Waals surface area (Å²) in [5.41, 5.74) is 0.703. The second-order valence-corrected chi connectivity index (χ2v) is 8.49. The number of rotatable bonds is 4. The van der Waals surface area contributed by atoms with Gasteiger partial charge in [0, 0.05) is 30.8 Å². The molecule has 0 unspecified atom stereocenters. The van der Waals surface area contributed by atoms with Crippen LogP contribution >= 0.6 is 0 Å². The number of fused-ring (bicyclic) bond motifs is 1. The van der Waals surface area contributed by atoms with Crippen molar-refractivity contribution in [3.8, 4) is 0 Å². The zero-order valence-corrected chi connectivity index (χ0v) is 17.0. The smallest absolute Gasteiger partial charge is 0.408 e. The molecule has 0 fully saturated rings. The molecular formula is C19H30N4O3. The van der Waals surface area contributed by atoms with Gasteiger partial charge in [-0.2, -0.15) is 0 Å². The van der Waals surface area contributed by atoms with Crippen molar-refractivity contribution in [3.05, 3.63) is 22.9 Å². The van der Waals surface area contributed by atoms with Crippen molar-refractivity contribution in [1.82, 2.24) is 15.6 Å². The summed E-state index contributed by atoms with van der Waals surface area (Å²) in [6, 6.07) is 2.03. The first-order valence-electron chi connectivity index (χ1n) is 8.88. The molecule has 1 aromatic heterocycles. The van der Waals surface area contributed by atoms with E-state index in [2.05, 4.69) is 24.5 Å². The summed E-state index contributed by atoms with van der Waals surface area (Å²) in [6.45, 7) is 13.7. The molecule has 0 spiro atoms. The highest BCUT2D eigenvalue weighted by Gasteiger charge is 2.35. The van der Waals surface area contributed by atoms with Crippen LogP contribution in [0.1, 0.15) is 70.1 Å². The second kappa shape index (κ2) is 6.78. The van der Waals surface area contributed by atoms with Gasteiger partial charge in [0.2, 0.25) is 0 Å². The third-order valence-electron chi connectivity index (χ3n) is 4.32. The maximum absolute atomic E-state index is 12.3. The first-order chi connectivity index (χ1) is 11.8. The van der Waals surface area contributed by atoms with E-state index in [-0.39, 0.29) is 11.9 Å². The zero-order valence-electron chi connectivity index (χ0n) is 17.0. The van der Waals surface area contributed by atoms with E-state index in [1.165, 1.54) is 0 Å². The number of nitrogens with zero attached hydrogens (tertiary/aromatic N) is 2. The summed E-state index contributed by atoms with van der Waals surface area (Å²) in [7, 11) is 1.93. The van der Waals surface area contributed by atoms with E-state index in [1.807, 2.05) is 52.6 Å². The maximum Gasteiger partial charge on any atom is 0.408 e. The van der Waals surface area contributed by atoms with Crippen molar-refractivity contribution in [3.63, 3.8) is 0 Å². The molecule has 144 valence electrons. The van der Waals surface area contributed by atoms with Gasteiger partial charge in [0.15, 0.2) is 0 Å². The lowest BCUT2D eigenvalue weighted by Gasteiger charge is -2.31. The summed E-state index contributed by atoms with van der Waals surface area (Å²) in [5, 5.41) is 5.73. The van der Waals surface area contributed by atoms with Crippen LogP contribution in [0.5, 0.6) is 0 Å². The Morgan fingerprint density at radius 1 is 1.31 bits per heavy atom. The Kier molecular flexibility index (Phi) is 5.21. The molecule has 0 saturated heterocycles. The third kappa shape index (κ3) is 4.26. The number of amides is 2. The lowest BCUT2D eigenvalue weighted by atomic mass is 9.93. The molecule has 0 bridgehead atoms. The molecule has 1 aliphatic rings. The number of aromatic nitrogens is 1. The van der Waals surface area contributed by atoms with Crippen LogP contribution in [0.25, 0.3) is 0 Å². The van der Waals surface area contributed by atoms with Crippen LogP contribution in [0.4, 0.5) is 10.6 Å². The average molecular weight is 362 g/mol. The minimum absolute atomic E-state index is 0.116. The number of ether oxygens (including phenoxy) is 1. The van der Waals surface area contributed by atoms with Crippen LogP contribution in [0, 0.1) is 0 Å². The molecule has 0 aliphatic carbocycles. The molecule has 2 N–H and O–H groups in total. The fraction of sp³-hybridized carbons (Fsp3) is 0.632. The van der Waals surface area contributed by atoms with Crippen LogP contribution in [0.2, 0.25) is 0 Å². The molecular weight excluding hydrogens is 332 g/mol. The van der Waals surface area contributed by atoms with Crippen LogP contribution < -0.4 is 15.5 Å². The molecule has 2 amide bonds. The van der Waals surface area contributed by atoms with Gasteiger partial charge in [-0.25, -0.2) is 9.78 Å². The van der Waals surface area contributed by atoms with Crippen molar-refractivity contribution < 1.29 is 14.3 Å². The first kappa shape index (κ1) is 20.0. The van der Waals surface area contributed by atoms with Crippen molar-refractivity contribution in [2.24, 2.45) is 0 Å². The standard InChI is InChI=1S/C19H30N4O3/c1-11(2)23(8)14-9-12-13(10-20-16(12)24)15(21-14)19(6,7)22-17(25)26-18(3,4)5/h9,11H,10H2,1-8H3,(H,20,24)(H,22,25). The summed E-state index contributed by atoms with van der Waals surface area (Å²) >= 11 is 0. The number of nitrogens with one attached hydrogen (secondary N) is 2. The van der Waals surface area contributed by atoms with Gasteiger partial charge in [-0.15, -0.1) is 0 Å². The van der Waals surface area contributed by atoms with Crippen molar-refractivity contribution in [1.29, 1.82) is 0 Å². The van der Waals surface area contributed by atoms with Gasteiger partial charge in [-0.3, -0.25) is 4.79 Å². The Morgan fingerprint density at radius 2 is 1.92 bits per heavy atom. The minimum atomic E-state index is -0.799. The molecule has 0 atom stereocenters. The predicted molar refractivity (Wildman–Crippen MR) is 101 cm³/mol. The normalized spacial score (nSPS) is 14.1. The highest BCUT2D eigenvalue weighted by molar-refractivity contribution is 5.99. The van der Waals surface area contributed by atoms with Crippen molar-refractivity contribution >= 4 is 17.8 Å².